The number of carboxylic acids is 1. The van der Waals surface area contributed by atoms with Crippen LogP contribution >= 0.6 is 0 Å². The third kappa shape index (κ3) is 3.99. The molecule has 198 valence electrons. The number of aromatic nitrogens is 3. The number of sulfonamides is 1. The molecule has 2 atom stereocenters. The molecule has 2 fully saturated rings. The van der Waals surface area contributed by atoms with E-state index in [1.165, 1.54) is 28.7 Å². The molecule has 0 amide bonds. The number of hydrogen-bond donors (Lipinski definition) is 1. The van der Waals surface area contributed by atoms with Crippen LogP contribution in [0.2, 0.25) is 0 Å². The molecule has 0 bridgehead atoms. The van der Waals surface area contributed by atoms with Gasteiger partial charge in [-0.25, -0.2) is 26.9 Å². The van der Waals surface area contributed by atoms with Crippen molar-refractivity contribution in [1.82, 2.24) is 19.1 Å². The molecule has 4 heterocycles. The fourth-order valence-electron chi connectivity index (χ4n) is 5.58. The lowest BCUT2D eigenvalue weighted by atomic mass is 9.69. The van der Waals surface area contributed by atoms with Crippen molar-refractivity contribution in [3.63, 3.8) is 0 Å². The maximum Gasteiger partial charge on any atom is 0.315 e. The quantitative estimate of drug-likeness (QED) is 0.529. The van der Waals surface area contributed by atoms with E-state index in [-0.39, 0.29) is 43.2 Å². The van der Waals surface area contributed by atoms with Crippen molar-refractivity contribution in [3.8, 4) is 5.69 Å². The third-order valence-corrected chi connectivity index (χ3v) is 9.50. The summed E-state index contributed by atoms with van der Waals surface area (Å²) >= 11 is 0. The van der Waals surface area contributed by atoms with E-state index in [0.29, 0.717) is 41.3 Å². The highest BCUT2D eigenvalue weighted by Crippen LogP contribution is 2.45. The molecule has 2 aliphatic heterocycles. The monoisotopic (exact) mass is 541 g/mol. The highest BCUT2D eigenvalue weighted by Gasteiger charge is 2.51. The second kappa shape index (κ2) is 8.98. The molecule has 2 aromatic heterocycles. The molecule has 1 N–H and O–H groups in total. The van der Waals surface area contributed by atoms with Gasteiger partial charge in [0.25, 0.3) is 0 Å². The number of benzene rings is 1. The van der Waals surface area contributed by atoms with Gasteiger partial charge in [-0.3, -0.25) is 4.79 Å². The number of piperidine rings is 1. The minimum Gasteiger partial charge on any atom is -0.481 e. The largest absolute Gasteiger partial charge is 0.481 e. The van der Waals surface area contributed by atoms with Gasteiger partial charge in [-0.2, -0.15) is 9.40 Å². The average Bonchev–Trinajstić information content (AvgIpc) is 3.53. The summed E-state index contributed by atoms with van der Waals surface area (Å²) in [5.41, 5.74) is 1.20. The van der Waals surface area contributed by atoms with Crippen molar-refractivity contribution in [3.05, 3.63) is 71.4 Å². The molecule has 2 saturated heterocycles. The molecule has 1 aromatic carbocycles. The number of carbonyl (C=O) groups is 1. The molecule has 3 aromatic rings. The summed E-state index contributed by atoms with van der Waals surface area (Å²) in [4.78, 5) is 18.7. The van der Waals surface area contributed by atoms with Gasteiger partial charge in [0.2, 0.25) is 10.0 Å². The van der Waals surface area contributed by atoms with Crippen LogP contribution in [0.4, 0.5) is 14.6 Å². The van der Waals surface area contributed by atoms with Crippen LogP contribution < -0.4 is 4.90 Å². The molecular formula is C26H25F2N5O4S. The minimum atomic E-state index is -4.02. The van der Waals surface area contributed by atoms with Crippen molar-refractivity contribution in [2.24, 2.45) is 5.41 Å². The zero-order valence-corrected chi connectivity index (χ0v) is 21.1. The molecular weight excluding hydrogens is 516 g/mol. The number of alkyl halides is 1. The van der Waals surface area contributed by atoms with E-state index in [9.17, 15) is 27.1 Å². The molecule has 0 spiro atoms. The number of aliphatic carboxylic acids is 1. The molecule has 0 radical (unpaired) electrons. The molecule has 0 unspecified atom stereocenters. The predicted molar refractivity (Wildman–Crippen MR) is 135 cm³/mol. The zero-order chi connectivity index (χ0) is 26.7. The highest BCUT2D eigenvalue weighted by molar-refractivity contribution is 7.89. The standard InChI is InChI=1S/C26H25F2N5O4S/c27-19-1-3-21(4-2-19)33-23-11-18-7-10-32(16-26(18,25(34)35)12-17(23)13-30-33)38(36,37)22-5-6-24(29-14-22)31-9-8-20(28)15-31/h1-6,11,13-14,20H,7-10,12,15-16H2,(H,34,35)/t20-,26+/m1/s1. The summed E-state index contributed by atoms with van der Waals surface area (Å²) in [6, 6.07) is 8.84. The fourth-order valence-corrected chi connectivity index (χ4v) is 7.02. The van der Waals surface area contributed by atoms with E-state index in [2.05, 4.69) is 10.1 Å². The number of halogens is 2. The van der Waals surface area contributed by atoms with Crippen molar-refractivity contribution in [2.75, 3.05) is 31.1 Å². The summed E-state index contributed by atoms with van der Waals surface area (Å²) in [5.74, 6) is -0.971. The van der Waals surface area contributed by atoms with Crippen LogP contribution in [0.15, 0.2) is 59.3 Å². The van der Waals surface area contributed by atoms with Crippen LogP contribution in [0.5, 0.6) is 0 Å². The van der Waals surface area contributed by atoms with E-state index in [0.717, 1.165) is 0 Å². The van der Waals surface area contributed by atoms with Crippen molar-refractivity contribution >= 4 is 27.9 Å². The van der Waals surface area contributed by atoms with Gasteiger partial charge in [0.1, 0.15) is 28.1 Å². The summed E-state index contributed by atoms with van der Waals surface area (Å²) in [5, 5.41) is 14.8. The molecule has 12 heteroatoms. The van der Waals surface area contributed by atoms with E-state index in [1.807, 2.05) is 0 Å². The van der Waals surface area contributed by atoms with Crippen LogP contribution in [-0.2, 0) is 21.2 Å². The first-order valence-corrected chi connectivity index (χ1v) is 13.7. The molecule has 1 aliphatic carbocycles. The first kappa shape index (κ1) is 24.7. The van der Waals surface area contributed by atoms with Crippen molar-refractivity contribution in [2.45, 2.75) is 30.3 Å². The number of hydrogen-bond acceptors (Lipinski definition) is 6. The maximum absolute atomic E-state index is 13.6. The van der Waals surface area contributed by atoms with Crippen molar-refractivity contribution in [1.29, 1.82) is 0 Å². The molecule has 3 aliphatic rings. The van der Waals surface area contributed by atoms with Gasteiger partial charge in [0.15, 0.2) is 0 Å². The number of anilines is 1. The Morgan fingerprint density at radius 1 is 1.11 bits per heavy atom. The number of nitrogens with zero attached hydrogens (tertiary/aromatic N) is 5. The van der Waals surface area contributed by atoms with Crippen molar-refractivity contribution < 1.29 is 27.1 Å². The van der Waals surface area contributed by atoms with Gasteiger partial charge >= 0.3 is 5.97 Å². The van der Waals surface area contributed by atoms with Crippen LogP contribution in [-0.4, -0.2) is 70.9 Å². The molecule has 9 nitrogen and oxygen atoms in total. The average molecular weight is 542 g/mol. The van der Waals surface area contributed by atoms with Gasteiger partial charge in [0, 0.05) is 25.8 Å². The normalized spacial score (nSPS) is 23.6. The van der Waals surface area contributed by atoms with Gasteiger partial charge in [-0.05, 0) is 72.9 Å². The predicted octanol–water partition coefficient (Wildman–Crippen LogP) is 3.06. The minimum absolute atomic E-state index is 0.0363. The summed E-state index contributed by atoms with van der Waals surface area (Å²) < 4.78 is 56.9. The Morgan fingerprint density at radius 2 is 1.89 bits per heavy atom. The number of fused-ring (bicyclic) bond motifs is 2. The first-order valence-electron chi connectivity index (χ1n) is 12.3. The molecule has 6 rings (SSSR count). The number of carboxylic acid groups (broad SMARTS) is 1. The van der Waals surface area contributed by atoms with Crippen LogP contribution in [0, 0.1) is 11.2 Å². The highest BCUT2D eigenvalue weighted by atomic mass is 32.2. The lowest BCUT2D eigenvalue weighted by Crippen LogP contribution is -2.53. The topological polar surface area (TPSA) is 109 Å². The Morgan fingerprint density at radius 3 is 2.55 bits per heavy atom. The smallest absolute Gasteiger partial charge is 0.315 e. The number of pyridine rings is 1. The zero-order valence-electron chi connectivity index (χ0n) is 20.3. The summed E-state index contributed by atoms with van der Waals surface area (Å²) in [6.45, 7) is 0.624. The van der Waals surface area contributed by atoms with E-state index in [4.69, 9.17) is 0 Å². The van der Waals surface area contributed by atoms with Gasteiger partial charge in [-0.15, -0.1) is 0 Å². The van der Waals surface area contributed by atoms with Gasteiger partial charge in [-0.1, -0.05) is 0 Å². The van der Waals surface area contributed by atoms with E-state index in [1.54, 1.807) is 40.1 Å². The van der Waals surface area contributed by atoms with Gasteiger partial charge in [0.05, 0.1) is 24.1 Å². The Labute approximate surface area is 218 Å². The SMILES string of the molecule is O=C(O)[C@]12Cc3cnn(-c4ccc(F)cc4)c3C=C1CCN(S(=O)(=O)c1ccc(N3CC[C@@H](F)C3)nc1)C2. The lowest BCUT2D eigenvalue weighted by Gasteiger charge is -2.43. The van der Waals surface area contributed by atoms with E-state index >= 15 is 0 Å². The second-order valence-corrected chi connectivity index (χ2v) is 11.9. The second-order valence-electron chi connectivity index (χ2n) is 9.95. The Balaban J connectivity index is 1.29. The van der Waals surface area contributed by atoms with Crippen LogP contribution in [0.1, 0.15) is 24.1 Å². The maximum atomic E-state index is 13.6. The van der Waals surface area contributed by atoms with E-state index < -0.39 is 27.6 Å². The summed E-state index contributed by atoms with van der Waals surface area (Å²) in [7, 11) is -4.02. The number of rotatable bonds is 5. The third-order valence-electron chi connectivity index (χ3n) is 7.67. The van der Waals surface area contributed by atoms with Crippen LogP contribution in [0.3, 0.4) is 0 Å². The Hall–Kier alpha value is -3.64. The molecule has 0 saturated carbocycles. The lowest BCUT2D eigenvalue weighted by molar-refractivity contribution is -0.147. The Kier molecular flexibility index (Phi) is 5.84. The molecule has 38 heavy (non-hydrogen) atoms. The fraction of sp³-hybridized carbons (Fsp3) is 0.346. The van der Waals surface area contributed by atoms with Crippen LogP contribution in [0.25, 0.3) is 11.8 Å². The Bertz CT molecular complexity index is 1540. The first-order chi connectivity index (χ1) is 18.2. The van der Waals surface area contributed by atoms with Gasteiger partial charge < -0.3 is 10.0 Å². The summed E-state index contributed by atoms with van der Waals surface area (Å²) in [6.07, 6.45) is 4.39.